The van der Waals surface area contributed by atoms with E-state index in [9.17, 15) is 0 Å². The number of fused-ring (bicyclic) bond motifs is 1. The van der Waals surface area contributed by atoms with Crippen molar-refractivity contribution in [1.29, 1.82) is 0 Å². The number of benzene rings is 1. The van der Waals surface area contributed by atoms with E-state index < -0.39 is 0 Å². The van der Waals surface area contributed by atoms with Crippen molar-refractivity contribution in [3.63, 3.8) is 0 Å². The molecule has 0 radical (unpaired) electrons. The number of hydrogen-bond donors (Lipinski definition) is 1. The molecule has 0 bridgehead atoms. The monoisotopic (exact) mass is 202 g/mol. The summed E-state index contributed by atoms with van der Waals surface area (Å²) in [6, 6.07) is 6.22. The van der Waals surface area contributed by atoms with Crippen molar-refractivity contribution < 1.29 is 0 Å². The largest absolute Gasteiger partial charge is 0.398 e. The molecule has 15 heavy (non-hydrogen) atoms. The van der Waals surface area contributed by atoms with Gasteiger partial charge in [-0.1, -0.05) is 18.2 Å². The fourth-order valence-corrected chi connectivity index (χ4v) is 2.15. The lowest BCUT2D eigenvalue weighted by atomic mass is 10.00. The molecule has 0 unspecified atom stereocenters. The maximum absolute atomic E-state index is 5.99. The van der Waals surface area contributed by atoms with E-state index in [4.69, 9.17) is 5.73 Å². The number of anilines is 2. The smallest absolute Gasteiger partial charge is 0.0422 e. The summed E-state index contributed by atoms with van der Waals surface area (Å²) >= 11 is 0. The molecule has 0 saturated heterocycles. The molecule has 2 rings (SSSR count). The molecule has 0 saturated carbocycles. The summed E-state index contributed by atoms with van der Waals surface area (Å²) in [5.41, 5.74) is 9.58. The highest BCUT2D eigenvalue weighted by Crippen LogP contribution is 2.30. The Bertz CT molecular complexity index is 369. The Morgan fingerprint density at radius 3 is 3.13 bits per heavy atom. The lowest BCUT2D eigenvalue weighted by Gasteiger charge is -2.31. The highest BCUT2D eigenvalue weighted by atomic mass is 15.1. The summed E-state index contributed by atoms with van der Waals surface area (Å²) in [5.74, 6) is 0. The van der Waals surface area contributed by atoms with E-state index in [-0.39, 0.29) is 0 Å². The first kappa shape index (κ1) is 10.1. The topological polar surface area (TPSA) is 29.3 Å². The Balaban J connectivity index is 2.30. The Morgan fingerprint density at radius 2 is 2.33 bits per heavy atom. The molecule has 80 valence electrons. The molecule has 0 spiro atoms. The Morgan fingerprint density at radius 1 is 1.47 bits per heavy atom. The van der Waals surface area contributed by atoms with Gasteiger partial charge in [0.25, 0.3) is 0 Å². The van der Waals surface area contributed by atoms with Crippen LogP contribution >= 0.6 is 0 Å². The van der Waals surface area contributed by atoms with Crippen LogP contribution in [-0.4, -0.2) is 13.1 Å². The molecule has 1 aliphatic rings. The van der Waals surface area contributed by atoms with Gasteiger partial charge in [0, 0.05) is 24.5 Å². The minimum absolute atomic E-state index is 0.942. The third kappa shape index (κ3) is 1.99. The summed E-state index contributed by atoms with van der Waals surface area (Å²) in [7, 11) is 0. The second-order valence-corrected chi connectivity index (χ2v) is 3.96. The summed E-state index contributed by atoms with van der Waals surface area (Å²) < 4.78 is 0. The van der Waals surface area contributed by atoms with Gasteiger partial charge in [-0.15, -0.1) is 0 Å². The van der Waals surface area contributed by atoms with Crippen LogP contribution in [0.25, 0.3) is 0 Å². The minimum atomic E-state index is 0.942. The first-order chi connectivity index (χ1) is 7.33. The Hall–Kier alpha value is -1.44. The third-order valence-electron chi connectivity index (χ3n) is 2.94. The fourth-order valence-electron chi connectivity index (χ4n) is 2.15. The van der Waals surface area contributed by atoms with Crippen LogP contribution in [0.1, 0.15) is 18.9 Å². The molecule has 2 nitrogen and oxygen atoms in total. The van der Waals surface area contributed by atoms with Crippen LogP contribution in [0.5, 0.6) is 0 Å². The van der Waals surface area contributed by atoms with Crippen molar-refractivity contribution in [3.8, 4) is 0 Å². The Kier molecular flexibility index (Phi) is 2.95. The first-order valence-electron chi connectivity index (χ1n) is 5.56. The molecule has 1 aromatic rings. The van der Waals surface area contributed by atoms with Crippen molar-refractivity contribution in [3.05, 3.63) is 35.9 Å². The molecule has 0 aromatic heterocycles. The van der Waals surface area contributed by atoms with E-state index in [0.29, 0.717) is 0 Å². The first-order valence-corrected chi connectivity index (χ1v) is 5.56. The second kappa shape index (κ2) is 4.39. The molecular weight excluding hydrogens is 184 g/mol. The van der Waals surface area contributed by atoms with E-state index in [1.165, 1.54) is 17.7 Å². The molecule has 0 aliphatic carbocycles. The number of nitrogen functional groups attached to an aromatic ring is 1. The van der Waals surface area contributed by atoms with Gasteiger partial charge in [0.1, 0.15) is 0 Å². The molecule has 2 N–H and O–H groups in total. The van der Waals surface area contributed by atoms with Crippen LogP contribution in [0.15, 0.2) is 30.4 Å². The third-order valence-corrected chi connectivity index (χ3v) is 2.94. The fraction of sp³-hybridized carbons (Fsp3) is 0.385. The lowest BCUT2D eigenvalue weighted by molar-refractivity contribution is 0.723. The normalized spacial score (nSPS) is 15.7. The van der Waals surface area contributed by atoms with Gasteiger partial charge < -0.3 is 10.6 Å². The van der Waals surface area contributed by atoms with Crippen molar-refractivity contribution in [2.75, 3.05) is 23.7 Å². The maximum atomic E-state index is 5.99. The molecule has 0 atom stereocenters. The number of rotatable bonds is 2. The lowest BCUT2D eigenvalue weighted by Crippen LogP contribution is -2.29. The SMILES string of the molecule is C/C=C/CN1CCCc2c(N)cccc21. The predicted molar refractivity (Wildman–Crippen MR) is 66.2 cm³/mol. The average Bonchev–Trinajstić information content (AvgIpc) is 2.27. The highest BCUT2D eigenvalue weighted by Gasteiger charge is 2.16. The van der Waals surface area contributed by atoms with Crippen molar-refractivity contribution in [2.24, 2.45) is 0 Å². The van der Waals surface area contributed by atoms with Gasteiger partial charge in [0.05, 0.1) is 0 Å². The number of allylic oxidation sites excluding steroid dienone is 1. The van der Waals surface area contributed by atoms with Gasteiger partial charge in [-0.2, -0.15) is 0 Å². The van der Waals surface area contributed by atoms with Crippen LogP contribution < -0.4 is 10.6 Å². The molecule has 2 heteroatoms. The standard InChI is InChI=1S/C13H18N2/c1-2-3-9-15-10-5-6-11-12(14)7-4-8-13(11)15/h2-4,7-8H,5-6,9-10,14H2,1H3/b3-2+. The number of hydrogen-bond acceptors (Lipinski definition) is 2. The van der Waals surface area contributed by atoms with Crippen LogP contribution in [0, 0.1) is 0 Å². The van der Waals surface area contributed by atoms with Crippen LogP contribution in [0.2, 0.25) is 0 Å². The van der Waals surface area contributed by atoms with E-state index in [2.05, 4.69) is 30.0 Å². The molecular formula is C13H18N2. The Labute approximate surface area is 91.4 Å². The summed E-state index contributed by atoms with van der Waals surface area (Å²) in [6.07, 6.45) is 6.62. The van der Waals surface area contributed by atoms with Crippen LogP contribution in [0.3, 0.4) is 0 Å². The quantitative estimate of drug-likeness (QED) is 0.590. The maximum Gasteiger partial charge on any atom is 0.0422 e. The molecule has 0 amide bonds. The van der Waals surface area contributed by atoms with Gasteiger partial charge in [-0.05, 0) is 37.5 Å². The van der Waals surface area contributed by atoms with Gasteiger partial charge in [0.2, 0.25) is 0 Å². The summed E-state index contributed by atoms with van der Waals surface area (Å²) in [6.45, 7) is 4.19. The predicted octanol–water partition coefficient (Wildman–Crippen LogP) is 2.60. The van der Waals surface area contributed by atoms with E-state index in [1.807, 2.05) is 12.1 Å². The van der Waals surface area contributed by atoms with E-state index in [0.717, 1.165) is 25.2 Å². The van der Waals surface area contributed by atoms with Gasteiger partial charge in [0.15, 0.2) is 0 Å². The van der Waals surface area contributed by atoms with E-state index >= 15 is 0 Å². The second-order valence-electron chi connectivity index (χ2n) is 3.96. The van der Waals surface area contributed by atoms with Gasteiger partial charge in [-0.25, -0.2) is 0 Å². The van der Waals surface area contributed by atoms with Gasteiger partial charge >= 0.3 is 0 Å². The van der Waals surface area contributed by atoms with E-state index in [1.54, 1.807) is 0 Å². The van der Waals surface area contributed by atoms with Crippen molar-refractivity contribution in [2.45, 2.75) is 19.8 Å². The molecule has 1 heterocycles. The van der Waals surface area contributed by atoms with Crippen molar-refractivity contribution >= 4 is 11.4 Å². The van der Waals surface area contributed by atoms with Crippen LogP contribution in [0.4, 0.5) is 11.4 Å². The minimum Gasteiger partial charge on any atom is -0.398 e. The number of nitrogens with two attached hydrogens (primary N) is 1. The zero-order valence-electron chi connectivity index (χ0n) is 9.24. The molecule has 1 aliphatic heterocycles. The molecule has 0 fully saturated rings. The zero-order valence-corrected chi connectivity index (χ0v) is 9.24. The summed E-state index contributed by atoms with van der Waals surface area (Å²) in [5, 5.41) is 0. The summed E-state index contributed by atoms with van der Waals surface area (Å²) in [4.78, 5) is 2.40. The van der Waals surface area contributed by atoms with Crippen molar-refractivity contribution in [1.82, 2.24) is 0 Å². The average molecular weight is 202 g/mol. The number of nitrogens with zero attached hydrogens (tertiary/aromatic N) is 1. The van der Waals surface area contributed by atoms with Crippen LogP contribution in [-0.2, 0) is 6.42 Å². The van der Waals surface area contributed by atoms with Gasteiger partial charge in [-0.3, -0.25) is 0 Å². The highest BCUT2D eigenvalue weighted by molar-refractivity contribution is 5.66. The molecule has 1 aromatic carbocycles. The zero-order chi connectivity index (χ0) is 10.7.